The van der Waals surface area contributed by atoms with E-state index in [4.69, 9.17) is 10.7 Å². The Balaban J connectivity index is 2.29. The first-order valence-electron chi connectivity index (χ1n) is 7.46. The van der Waals surface area contributed by atoms with Crippen LogP contribution in [0, 0.1) is 13.8 Å². The lowest BCUT2D eigenvalue weighted by atomic mass is 9.96. The third kappa shape index (κ3) is 2.50. The van der Waals surface area contributed by atoms with Crippen molar-refractivity contribution in [2.75, 3.05) is 5.73 Å². The highest BCUT2D eigenvalue weighted by Gasteiger charge is 2.19. The second-order valence-electron chi connectivity index (χ2n) is 5.94. The molecular weight excluding hydrogens is 270 g/mol. The SMILES string of the molecule is CC1=CC(C)=N/C1=C(/c1ccc(N)cc1)c1[nH]c(C)cc1C. The fourth-order valence-electron chi connectivity index (χ4n) is 2.97. The molecule has 0 amide bonds. The van der Waals surface area contributed by atoms with E-state index in [1.165, 1.54) is 11.1 Å². The van der Waals surface area contributed by atoms with E-state index in [1.807, 2.05) is 19.1 Å². The van der Waals surface area contributed by atoms with Crippen LogP contribution in [0.25, 0.3) is 5.57 Å². The third-order valence-electron chi connectivity index (χ3n) is 3.92. The predicted octanol–water partition coefficient (Wildman–Crippen LogP) is 4.39. The number of nitrogen functional groups attached to an aromatic ring is 1. The van der Waals surface area contributed by atoms with Gasteiger partial charge in [-0.25, -0.2) is 0 Å². The van der Waals surface area contributed by atoms with E-state index in [0.29, 0.717) is 0 Å². The number of nitrogens with zero attached hydrogens (tertiary/aromatic N) is 1. The number of rotatable bonds is 2. The average molecular weight is 291 g/mol. The van der Waals surface area contributed by atoms with E-state index in [2.05, 4.69) is 50.0 Å². The van der Waals surface area contributed by atoms with Crippen LogP contribution < -0.4 is 5.73 Å². The lowest BCUT2D eigenvalue weighted by Gasteiger charge is -2.12. The van der Waals surface area contributed by atoms with Crippen molar-refractivity contribution in [1.82, 2.24) is 4.98 Å². The van der Waals surface area contributed by atoms with Gasteiger partial charge in [-0.2, -0.15) is 0 Å². The molecular formula is C19H21N3. The molecule has 112 valence electrons. The van der Waals surface area contributed by atoms with Gasteiger partial charge in [-0.1, -0.05) is 12.1 Å². The summed E-state index contributed by atoms with van der Waals surface area (Å²) in [6.45, 7) is 8.34. The van der Waals surface area contributed by atoms with Crippen molar-refractivity contribution in [1.29, 1.82) is 0 Å². The molecule has 1 aliphatic rings. The summed E-state index contributed by atoms with van der Waals surface area (Å²) in [5, 5.41) is 0. The van der Waals surface area contributed by atoms with Crippen molar-refractivity contribution in [2.24, 2.45) is 4.99 Å². The summed E-state index contributed by atoms with van der Waals surface area (Å²) < 4.78 is 0. The van der Waals surface area contributed by atoms with Crippen molar-refractivity contribution >= 4 is 17.0 Å². The third-order valence-corrected chi connectivity index (χ3v) is 3.92. The maximum absolute atomic E-state index is 5.84. The number of aliphatic imine (C=N–C) groups is 1. The molecule has 0 spiro atoms. The minimum absolute atomic E-state index is 0.769. The molecule has 0 unspecified atom stereocenters. The van der Waals surface area contributed by atoms with Gasteiger partial charge in [-0.15, -0.1) is 0 Å². The highest BCUT2D eigenvalue weighted by molar-refractivity contribution is 6.01. The Kier molecular flexibility index (Phi) is 3.49. The van der Waals surface area contributed by atoms with E-state index in [9.17, 15) is 0 Å². The largest absolute Gasteiger partial charge is 0.399 e. The number of aromatic nitrogens is 1. The van der Waals surface area contributed by atoms with Crippen LogP contribution in [0.2, 0.25) is 0 Å². The molecule has 1 aromatic heterocycles. The summed E-state index contributed by atoms with van der Waals surface area (Å²) in [6.07, 6.45) is 2.12. The number of hydrogen-bond acceptors (Lipinski definition) is 2. The van der Waals surface area contributed by atoms with Gasteiger partial charge in [0.25, 0.3) is 0 Å². The zero-order valence-corrected chi connectivity index (χ0v) is 13.5. The maximum Gasteiger partial charge on any atom is 0.0761 e. The van der Waals surface area contributed by atoms with Gasteiger partial charge < -0.3 is 10.7 Å². The van der Waals surface area contributed by atoms with Gasteiger partial charge in [0.05, 0.1) is 11.4 Å². The van der Waals surface area contributed by atoms with Crippen LogP contribution >= 0.6 is 0 Å². The van der Waals surface area contributed by atoms with Gasteiger partial charge in [0.2, 0.25) is 0 Å². The van der Waals surface area contributed by atoms with Crippen LogP contribution in [0.15, 0.2) is 52.7 Å². The smallest absolute Gasteiger partial charge is 0.0761 e. The summed E-state index contributed by atoms with van der Waals surface area (Å²) in [4.78, 5) is 8.23. The Labute approximate surface area is 131 Å². The minimum atomic E-state index is 0.769. The molecule has 0 bridgehead atoms. The summed E-state index contributed by atoms with van der Waals surface area (Å²) in [5.74, 6) is 0. The minimum Gasteiger partial charge on any atom is -0.399 e. The maximum atomic E-state index is 5.84. The Morgan fingerprint density at radius 3 is 2.23 bits per heavy atom. The number of nitrogens with two attached hydrogens (primary N) is 1. The van der Waals surface area contributed by atoms with Crippen LogP contribution in [0.3, 0.4) is 0 Å². The zero-order valence-electron chi connectivity index (χ0n) is 13.5. The molecule has 0 atom stereocenters. The van der Waals surface area contributed by atoms with Crippen LogP contribution in [0.5, 0.6) is 0 Å². The number of benzene rings is 1. The first kappa shape index (κ1) is 14.4. The van der Waals surface area contributed by atoms with Crippen molar-refractivity contribution < 1.29 is 0 Å². The van der Waals surface area contributed by atoms with Crippen molar-refractivity contribution in [3.05, 3.63) is 70.2 Å². The van der Waals surface area contributed by atoms with Crippen molar-refractivity contribution in [2.45, 2.75) is 27.7 Å². The monoisotopic (exact) mass is 291 g/mol. The Bertz CT molecular complexity index is 815. The van der Waals surface area contributed by atoms with Gasteiger partial charge >= 0.3 is 0 Å². The first-order chi connectivity index (χ1) is 10.5. The number of aryl methyl sites for hydroxylation is 2. The molecule has 1 aliphatic heterocycles. The number of H-pyrrole nitrogens is 1. The lowest BCUT2D eigenvalue weighted by molar-refractivity contribution is 1.21. The molecule has 3 rings (SSSR count). The van der Waals surface area contributed by atoms with Gasteiger partial charge in [0.15, 0.2) is 0 Å². The van der Waals surface area contributed by atoms with Gasteiger partial charge in [0, 0.05) is 22.7 Å². The molecule has 0 radical (unpaired) electrons. The quantitative estimate of drug-likeness (QED) is 0.792. The Morgan fingerprint density at radius 1 is 1.05 bits per heavy atom. The highest BCUT2D eigenvalue weighted by atomic mass is 14.8. The number of nitrogens with one attached hydrogen (secondary N) is 1. The molecule has 0 saturated heterocycles. The molecule has 1 aromatic carbocycles. The molecule has 0 fully saturated rings. The Hall–Kier alpha value is -2.55. The standard InChI is InChI=1S/C19H21N3/c1-11-9-13(3)21-18(11)17(15-5-7-16(20)8-6-15)19-12(2)10-14(4)22-19/h5-10,21H,20H2,1-4H3/b19-17-. The second kappa shape index (κ2) is 5.34. The normalized spacial score (nSPS) is 16.5. The number of allylic oxidation sites excluding steroid dienone is 2. The van der Waals surface area contributed by atoms with E-state index in [1.54, 1.807) is 0 Å². The highest BCUT2D eigenvalue weighted by Crippen LogP contribution is 2.35. The lowest BCUT2D eigenvalue weighted by Crippen LogP contribution is -1.97. The summed E-state index contributed by atoms with van der Waals surface area (Å²) in [7, 11) is 0. The van der Waals surface area contributed by atoms with E-state index in [-0.39, 0.29) is 0 Å². The van der Waals surface area contributed by atoms with Gasteiger partial charge in [-0.3, -0.25) is 4.99 Å². The van der Waals surface area contributed by atoms with Gasteiger partial charge in [-0.05, 0) is 68.7 Å². The summed E-state index contributed by atoms with van der Waals surface area (Å²) >= 11 is 0. The van der Waals surface area contributed by atoms with Crippen LogP contribution in [0.4, 0.5) is 5.69 Å². The topological polar surface area (TPSA) is 54.2 Å². The number of aromatic amines is 1. The number of hydrogen-bond donors (Lipinski definition) is 2. The molecule has 2 heterocycles. The molecule has 3 N–H and O–H groups in total. The van der Waals surface area contributed by atoms with Crippen molar-refractivity contribution in [3.63, 3.8) is 0 Å². The molecule has 2 aromatic rings. The van der Waals surface area contributed by atoms with E-state index in [0.717, 1.165) is 39.6 Å². The Morgan fingerprint density at radius 2 is 1.73 bits per heavy atom. The molecule has 0 saturated carbocycles. The second-order valence-corrected chi connectivity index (χ2v) is 5.94. The molecule has 3 heteroatoms. The van der Waals surface area contributed by atoms with Crippen LogP contribution in [-0.2, 0) is 0 Å². The fraction of sp³-hybridized carbons (Fsp3) is 0.211. The molecule has 0 aliphatic carbocycles. The van der Waals surface area contributed by atoms with Crippen molar-refractivity contribution in [3.8, 4) is 0 Å². The molecule has 22 heavy (non-hydrogen) atoms. The zero-order chi connectivity index (χ0) is 15.9. The predicted molar refractivity (Wildman–Crippen MR) is 94.0 cm³/mol. The van der Waals surface area contributed by atoms with E-state index >= 15 is 0 Å². The fourth-order valence-corrected chi connectivity index (χ4v) is 2.97. The average Bonchev–Trinajstić information content (AvgIpc) is 2.95. The first-order valence-corrected chi connectivity index (χ1v) is 7.46. The van der Waals surface area contributed by atoms with Crippen LogP contribution in [-0.4, -0.2) is 10.7 Å². The molecule has 3 nitrogen and oxygen atoms in total. The number of anilines is 1. The summed E-state index contributed by atoms with van der Waals surface area (Å²) in [5.41, 5.74) is 15.6. The van der Waals surface area contributed by atoms with Gasteiger partial charge in [0.1, 0.15) is 0 Å². The summed E-state index contributed by atoms with van der Waals surface area (Å²) in [6, 6.07) is 10.2. The van der Waals surface area contributed by atoms with E-state index < -0.39 is 0 Å². The van der Waals surface area contributed by atoms with Crippen LogP contribution in [0.1, 0.15) is 36.4 Å².